The number of aromatic nitrogens is 2. The summed E-state index contributed by atoms with van der Waals surface area (Å²) in [6.07, 6.45) is 3.09. The molecule has 3 rings (SSSR count). The second-order valence-corrected chi connectivity index (χ2v) is 8.36. The summed E-state index contributed by atoms with van der Waals surface area (Å²) >= 11 is 1.24. The van der Waals surface area contributed by atoms with Crippen molar-refractivity contribution in [1.82, 2.24) is 9.97 Å². The Bertz CT molecular complexity index is 1000. The van der Waals surface area contributed by atoms with Gasteiger partial charge in [0.2, 0.25) is 0 Å². The van der Waals surface area contributed by atoms with Crippen LogP contribution in [-0.2, 0) is 16.6 Å². The first-order valence-electron chi connectivity index (χ1n) is 9.01. The van der Waals surface area contributed by atoms with Crippen molar-refractivity contribution >= 4 is 26.5 Å². The highest BCUT2D eigenvalue weighted by atomic mass is 32.2. The van der Waals surface area contributed by atoms with E-state index in [1.165, 1.54) is 35.0 Å². The number of methoxy groups -OCH3 is 2. The molecule has 0 bridgehead atoms. The largest absolute Gasteiger partial charge is 0.497 e. The maximum Gasteiger partial charge on any atom is 0.283 e. The molecule has 0 saturated carbocycles. The Morgan fingerprint density at radius 3 is 2.38 bits per heavy atom. The van der Waals surface area contributed by atoms with Crippen LogP contribution in [0, 0.1) is 6.92 Å². The zero-order valence-electron chi connectivity index (χ0n) is 17.1. The van der Waals surface area contributed by atoms with Gasteiger partial charge in [-0.2, -0.15) is 8.42 Å². The van der Waals surface area contributed by atoms with E-state index in [-0.39, 0.29) is 11.6 Å². The molecule has 156 valence electrons. The van der Waals surface area contributed by atoms with E-state index in [9.17, 15) is 8.42 Å². The van der Waals surface area contributed by atoms with E-state index >= 15 is 0 Å². The average Bonchev–Trinajstić information content (AvgIpc) is 3.28. The third-order valence-corrected chi connectivity index (χ3v) is 6.44. The number of anilines is 1. The summed E-state index contributed by atoms with van der Waals surface area (Å²) in [4.78, 5) is 8.27. The minimum atomic E-state index is -3.90. The van der Waals surface area contributed by atoms with Crippen molar-refractivity contribution in [2.24, 2.45) is 0 Å². The van der Waals surface area contributed by atoms with E-state index in [1.54, 1.807) is 43.0 Å². The zero-order valence-corrected chi connectivity index (χ0v) is 18.8. The number of pyridine rings is 1. The van der Waals surface area contributed by atoms with Crippen molar-refractivity contribution in [3.8, 4) is 11.5 Å². The molecule has 2 heterocycles. The topological polar surface area (TPSA) is 81.6 Å². The Morgan fingerprint density at radius 1 is 1.07 bits per heavy atom. The van der Waals surface area contributed by atoms with Crippen molar-refractivity contribution in [2.75, 3.05) is 18.5 Å². The van der Waals surface area contributed by atoms with E-state index in [4.69, 9.17) is 9.47 Å². The lowest BCUT2D eigenvalue weighted by Crippen LogP contribution is -2.31. The minimum Gasteiger partial charge on any atom is -0.497 e. The Hall–Kier alpha value is -2.65. The van der Waals surface area contributed by atoms with Crippen LogP contribution >= 0.6 is 11.3 Å². The van der Waals surface area contributed by atoms with Crippen molar-refractivity contribution in [3.05, 3.63) is 59.2 Å². The maximum absolute atomic E-state index is 13.2. The summed E-state index contributed by atoms with van der Waals surface area (Å²) in [6, 6.07) is 8.46. The highest BCUT2D eigenvalue weighted by Crippen LogP contribution is 2.31. The van der Waals surface area contributed by atoms with Gasteiger partial charge in [-0.25, -0.2) is 14.3 Å². The Labute approximate surface area is 176 Å². The Balaban J connectivity index is 0.00000145. The number of nitrogens with zero attached hydrogens (tertiary/aromatic N) is 3. The molecule has 1 aromatic carbocycles. The molecule has 0 N–H and O–H groups in total. The van der Waals surface area contributed by atoms with Crippen LogP contribution in [0.25, 0.3) is 0 Å². The molecule has 9 heteroatoms. The van der Waals surface area contributed by atoms with Crippen LogP contribution in [0.5, 0.6) is 11.5 Å². The number of rotatable bonds is 7. The Kier molecular flexibility index (Phi) is 7.98. The van der Waals surface area contributed by atoms with Crippen molar-refractivity contribution in [2.45, 2.75) is 32.3 Å². The molecule has 0 atom stereocenters. The molecule has 3 aromatic rings. The molecular weight excluding hydrogens is 410 g/mol. The molecule has 0 radical (unpaired) electrons. The first-order valence-corrected chi connectivity index (χ1v) is 11.3. The third-order valence-electron chi connectivity index (χ3n) is 3.88. The number of thiazole rings is 1. The average molecular weight is 436 g/mol. The second kappa shape index (κ2) is 10.2. The Morgan fingerprint density at radius 2 is 1.83 bits per heavy atom. The molecule has 7 nitrogen and oxygen atoms in total. The van der Waals surface area contributed by atoms with Crippen molar-refractivity contribution in [1.29, 1.82) is 0 Å². The lowest BCUT2D eigenvalue weighted by atomic mass is 10.2. The van der Waals surface area contributed by atoms with Gasteiger partial charge in [0.05, 0.1) is 20.8 Å². The molecule has 0 fully saturated rings. The van der Waals surface area contributed by atoms with E-state index in [0.717, 1.165) is 5.56 Å². The molecule has 2 aromatic heterocycles. The standard InChI is InChI=1S/C18H19N3O4S2.C2H6/c1-13-4-7-17(20-11-13)27(22,23)21(18-19-8-9-26-18)12-14-5-6-15(24-2)10-16(14)25-3;1-2/h4-11H,12H2,1-3H3;1-2H3. The predicted molar refractivity (Wildman–Crippen MR) is 115 cm³/mol. The molecule has 0 amide bonds. The van der Waals surface area contributed by atoms with Gasteiger partial charge in [-0.3, -0.25) is 0 Å². The van der Waals surface area contributed by atoms with Gasteiger partial charge < -0.3 is 9.47 Å². The lowest BCUT2D eigenvalue weighted by molar-refractivity contribution is 0.391. The normalized spacial score (nSPS) is 10.7. The van der Waals surface area contributed by atoms with Gasteiger partial charge in [0.1, 0.15) is 11.5 Å². The fraction of sp³-hybridized carbons (Fsp3) is 0.300. The summed E-state index contributed by atoms with van der Waals surface area (Å²) in [5.74, 6) is 1.16. The summed E-state index contributed by atoms with van der Waals surface area (Å²) in [6.45, 7) is 5.91. The molecule has 0 saturated heterocycles. The molecular formula is C20H25N3O4S2. The van der Waals surface area contributed by atoms with Crippen LogP contribution in [0.4, 0.5) is 5.13 Å². The van der Waals surface area contributed by atoms with Gasteiger partial charge in [0, 0.05) is 29.4 Å². The third kappa shape index (κ3) is 5.24. The number of benzene rings is 1. The first kappa shape index (κ1) is 22.6. The fourth-order valence-electron chi connectivity index (χ4n) is 2.45. The summed E-state index contributed by atoms with van der Waals surface area (Å²) in [7, 11) is -0.807. The zero-order chi connectivity index (χ0) is 21.4. The summed E-state index contributed by atoms with van der Waals surface area (Å²) in [5.41, 5.74) is 1.57. The van der Waals surface area contributed by atoms with Gasteiger partial charge >= 0.3 is 0 Å². The van der Waals surface area contributed by atoms with Crippen molar-refractivity contribution < 1.29 is 17.9 Å². The van der Waals surface area contributed by atoms with Crippen LogP contribution in [0.1, 0.15) is 25.0 Å². The van der Waals surface area contributed by atoms with Gasteiger partial charge in [0.25, 0.3) is 10.0 Å². The van der Waals surface area contributed by atoms with Crippen molar-refractivity contribution in [3.63, 3.8) is 0 Å². The monoisotopic (exact) mass is 435 g/mol. The molecule has 0 aliphatic rings. The highest BCUT2D eigenvalue weighted by Gasteiger charge is 2.29. The SMILES string of the molecule is CC.COc1ccc(CN(c2nccs2)S(=O)(=O)c2ccc(C)cn2)c(OC)c1. The molecule has 0 spiro atoms. The second-order valence-electron chi connectivity index (χ2n) is 5.68. The van der Waals surface area contributed by atoms with E-state index < -0.39 is 10.0 Å². The van der Waals surface area contributed by atoms with Crippen LogP contribution in [0.2, 0.25) is 0 Å². The van der Waals surface area contributed by atoms with Crippen LogP contribution in [0.15, 0.2) is 53.1 Å². The number of hydrogen-bond donors (Lipinski definition) is 0. The van der Waals surface area contributed by atoms with Gasteiger partial charge in [-0.15, -0.1) is 11.3 Å². The van der Waals surface area contributed by atoms with E-state index in [2.05, 4.69) is 9.97 Å². The number of ether oxygens (including phenoxy) is 2. The molecule has 0 unspecified atom stereocenters. The number of hydrogen-bond acceptors (Lipinski definition) is 7. The minimum absolute atomic E-state index is 0.0317. The quantitative estimate of drug-likeness (QED) is 0.551. The van der Waals surface area contributed by atoms with Crippen LogP contribution < -0.4 is 13.8 Å². The molecule has 29 heavy (non-hydrogen) atoms. The number of sulfonamides is 1. The highest BCUT2D eigenvalue weighted by molar-refractivity contribution is 7.92. The van der Waals surface area contributed by atoms with Gasteiger partial charge in [-0.1, -0.05) is 19.9 Å². The molecule has 0 aliphatic heterocycles. The van der Waals surface area contributed by atoms with Gasteiger partial charge in [-0.05, 0) is 30.7 Å². The smallest absolute Gasteiger partial charge is 0.283 e. The van der Waals surface area contributed by atoms with Gasteiger partial charge in [0.15, 0.2) is 10.2 Å². The van der Waals surface area contributed by atoms with Crippen LogP contribution in [-0.4, -0.2) is 32.6 Å². The fourth-order valence-corrected chi connectivity index (χ4v) is 4.64. The van der Waals surface area contributed by atoms with E-state index in [0.29, 0.717) is 22.2 Å². The maximum atomic E-state index is 13.2. The molecule has 0 aliphatic carbocycles. The predicted octanol–water partition coefficient (Wildman–Crippen LogP) is 4.29. The van der Waals surface area contributed by atoms with Crippen LogP contribution in [0.3, 0.4) is 0 Å². The first-order chi connectivity index (χ1) is 14.0. The summed E-state index contributed by atoms with van der Waals surface area (Å²) in [5, 5.41) is 2.05. The summed E-state index contributed by atoms with van der Waals surface area (Å²) < 4.78 is 38.3. The number of aryl methyl sites for hydroxylation is 1. The van der Waals surface area contributed by atoms with E-state index in [1.807, 2.05) is 20.8 Å². The lowest BCUT2D eigenvalue weighted by Gasteiger charge is -2.22.